The van der Waals surface area contributed by atoms with Crippen LogP contribution in [-0.2, 0) is 9.63 Å². The minimum Gasteiger partial charge on any atom is -0.475 e. The fourth-order valence-corrected chi connectivity index (χ4v) is 4.62. The van der Waals surface area contributed by atoms with Crippen LogP contribution in [0.1, 0.15) is 43.5 Å². The van der Waals surface area contributed by atoms with Crippen molar-refractivity contribution in [1.82, 2.24) is 4.90 Å². The average Bonchev–Trinajstić information content (AvgIpc) is 3.51. The van der Waals surface area contributed by atoms with Crippen molar-refractivity contribution in [1.29, 1.82) is 0 Å². The van der Waals surface area contributed by atoms with Crippen LogP contribution in [-0.4, -0.2) is 66.4 Å². The summed E-state index contributed by atoms with van der Waals surface area (Å²) in [5.41, 5.74) is 2.59. The molecule has 0 radical (unpaired) electrons. The predicted octanol–water partition coefficient (Wildman–Crippen LogP) is 4.98. The van der Waals surface area contributed by atoms with E-state index in [0.717, 1.165) is 18.8 Å². The number of halogens is 3. The van der Waals surface area contributed by atoms with Crippen LogP contribution >= 0.6 is 0 Å². The van der Waals surface area contributed by atoms with Crippen LogP contribution in [0.4, 0.5) is 24.5 Å². The molecule has 0 saturated carbocycles. The average molecular weight is 508 g/mol. The zero-order valence-corrected chi connectivity index (χ0v) is 20.4. The lowest BCUT2D eigenvalue weighted by Gasteiger charge is -2.29. The van der Waals surface area contributed by atoms with Gasteiger partial charge in [-0.15, -0.1) is 0 Å². The number of carbonyl (C=O) groups excluding carboxylic acids is 1. The molecular formula is C26H32F3N3O4. The molecule has 36 heavy (non-hydrogen) atoms. The Morgan fingerprint density at radius 2 is 1.69 bits per heavy atom. The van der Waals surface area contributed by atoms with Crippen molar-refractivity contribution in [2.24, 2.45) is 0 Å². The molecule has 2 aliphatic rings. The Balaban J connectivity index is 0.000000454. The first-order valence-electron chi connectivity index (χ1n) is 12.0. The summed E-state index contributed by atoms with van der Waals surface area (Å²) in [4.78, 5) is 32.6. The highest BCUT2D eigenvalue weighted by molar-refractivity contribution is 6.04. The first kappa shape index (κ1) is 27.5. The number of hydrogen-bond donors (Lipinski definition) is 1. The van der Waals surface area contributed by atoms with Crippen LogP contribution in [0.5, 0.6) is 0 Å². The largest absolute Gasteiger partial charge is 0.490 e. The molecule has 2 aromatic rings. The minimum absolute atomic E-state index is 0.149. The van der Waals surface area contributed by atoms with Gasteiger partial charge in [-0.05, 0) is 76.1 Å². The first-order valence-corrected chi connectivity index (χ1v) is 12.0. The molecule has 1 N–H and O–H groups in total. The molecule has 2 heterocycles. The minimum atomic E-state index is -5.08. The lowest BCUT2D eigenvalue weighted by atomic mass is 10.2. The number of benzene rings is 2. The maximum absolute atomic E-state index is 12.9. The molecule has 10 heteroatoms. The molecular weight excluding hydrogens is 475 g/mol. The maximum atomic E-state index is 12.9. The number of anilines is 2. The van der Waals surface area contributed by atoms with E-state index in [1.54, 1.807) is 0 Å². The van der Waals surface area contributed by atoms with Crippen LogP contribution in [0, 0.1) is 0 Å². The second kappa shape index (κ2) is 12.2. The van der Waals surface area contributed by atoms with Gasteiger partial charge in [-0.1, -0.05) is 18.2 Å². The summed E-state index contributed by atoms with van der Waals surface area (Å²) < 4.78 is 31.7. The third-order valence-corrected chi connectivity index (χ3v) is 6.39. The monoisotopic (exact) mass is 507 g/mol. The number of nitrogens with zero attached hydrogens (tertiary/aromatic N) is 3. The highest BCUT2D eigenvalue weighted by Crippen LogP contribution is 2.29. The Hall–Kier alpha value is -3.11. The molecule has 2 unspecified atom stereocenters. The summed E-state index contributed by atoms with van der Waals surface area (Å²) >= 11 is 0. The van der Waals surface area contributed by atoms with Crippen LogP contribution in [0.15, 0.2) is 54.6 Å². The third kappa shape index (κ3) is 6.98. The van der Waals surface area contributed by atoms with Gasteiger partial charge in [0.15, 0.2) is 0 Å². The molecule has 2 aliphatic heterocycles. The summed E-state index contributed by atoms with van der Waals surface area (Å²) in [6.07, 6.45) is -1.20. The Bertz CT molecular complexity index is 1000. The van der Waals surface area contributed by atoms with Crippen LogP contribution in [0.3, 0.4) is 0 Å². The molecule has 2 saturated heterocycles. The lowest BCUT2D eigenvalue weighted by molar-refractivity contribution is -0.192. The number of rotatable bonds is 6. The van der Waals surface area contributed by atoms with Gasteiger partial charge < -0.3 is 10.0 Å². The molecule has 196 valence electrons. The number of carboxylic acid groups (broad SMARTS) is 1. The Kier molecular flexibility index (Phi) is 9.33. The van der Waals surface area contributed by atoms with Crippen molar-refractivity contribution in [3.05, 3.63) is 60.2 Å². The van der Waals surface area contributed by atoms with E-state index >= 15 is 0 Å². The number of likely N-dealkylation sites (tertiary alicyclic amines) is 1. The lowest BCUT2D eigenvalue weighted by Crippen LogP contribution is -2.39. The third-order valence-electron chi connectivity index (χ3n) is 6.39. The molecule has 1 amide bonds. The van der Waals surface area contributed by atoms with Gasteiger partial charge in [-0.25, -0.2) is 4.79 Å². The summed E-state index contributed by atoms with van der Waals surface area (Å²) in [7, 11) is 0. The SMILES string of the molecule is CCON(C(=O)c1ccccc1)c1ccc(N2CCC(N3CCCC3C)C2)cc1.O=C(O)C(F)(F)F. The topological polar surface area (TPSA) is 73.3 Å². The summed E-state index contributed by atoms with van der Waals surface area (Å²) in [5.74, 6) is -2.91. The second-order valence-corrected chi connectivity index (χ2v) is 8.82. The molecule has 0 aliphatic carbocycles. The van der Waals surface area contributed by atoms with Crippen molar-refractivity contribution in [2.75, 3.05) is 36.2 Å². The van der Waals surface area contributed by atoms with Gasteiger partial charge in [0.2, 0.25) is 0 Å². The Labute approximate surface area is 209 Å². The van der Waals surface area contributed by atoms with Crippen LogP contribution < -0.4 is 9.96 Å². The van der Waals surface area contributed by atoms with Crippen molar-refractivity contribution in [3.63, 3.8) is 0 Å². The van der Waals surface area contributed by atoms with E-state index in [1.807, 2.05) is 49.4 Å². The fourth-order valence-electron chi connectivity index (χ4n) is 4.62. The fraction of sp³-hybridized carbons (Fsp3) is 0.462. The highest BCUT2D eigenvalue weighted by atomic mass is 19.4. The normalized spacial score (nSPS) is 20.1. The number of carbonyl (C=O) groups is 2. The standard InChI is InChI=1S/C24H31N3O2.C2HF3O2/c1-3-29-27(24(28)20-9-5-4-6-10-20)22-13-11-21(12-14-22)25-17-15-23(18-25)26-16-7-8-19(26)2;3-2(4,5)1(6)7/h4-6,9-14,19,23H,3,7-8,15-18H2,1-2H3;(H,6,7). The number of aliphatic carboxylic acids is 1. The van der Waals surface area contributed by atoms with Gasteiger partial charge >= 0.3 is 12.1 Å². The van der Waals surface area contributed by atoms with Gasteiger partial charge in [0, 0.05) is 36.4 Å². The smallest absolute Gasteiger partial charge is 0.475 e. The summed E-state index contributed by atoms with van der Waals surface area (Å²) in [6.45, 7) is 8.10. The molecule has 2 fully saturated rings. The zero-order chi connectivity index (χ0) is 26.3. The maximum Gasteiger partial charge on any atom is 0.490 e. The van der Waals surface area contributed by atoms with Crippen LogP contribution in [0.25, 0.3) is 0 Å². The predicted molar refractivity (Wildman–Crippen MR) is 131 cm³/mol. The Morgan fingerprint density at radius 1 is 1.06 bits per heavy atom. The second-order valence-electron chi connectivity index (χ2n) is 8.82. The Morgan fingerprint density at radius 3 is 2.22 bits per heavy atom. The van der Waals surface area contributed by atoms with E-state index < -0.39 is 12.1 Å². The highest BCUT2D eigenvalue weighted by Gasteiger charge is 2.38. The number of hydroxylamine groups is 1. The van der Waals surface area contributed by atoms with Gasteiger partial charge in [0.1, 0.15) is 0 Å². The van der Waals surface area contributed by atoms with Crippen molar-refractivity contribution < 1.29 is 32.7 Å². The van der Waals surface area contributed by atoms with Gasteiger partial charge in [-0.2, -0.15) is 18.2 Å². The number of carboxylic acids is 1. The molecule has 0 bridgehead atoms. The quantitative estimate of drug-likeness (QED) is 0.556. The van der Waals surface area contributed by atoms with E-state index in [9.17, 15) is 18.0 Å². The van der Waals surface area contributed by atoms with Gasteiger partial charge in [-0.3, -0.25) is 14.5 Å². The van der Waals surface area contributed by atoms with Crippen molar-refractivity contribution in [2.45, 2.75) is 51.4 Å². The summed E-state index contributed by atoms with van der Waals surface area (Å²) in [6, 6.07) is 18.8. The van der Waals surface area contributed by atoms with E-state index in [4.69, 9.17) is 14.7 Å². The molecule has 0 aromatic heterocycles. The van der Waals surface area contributed by atoms with E-state index in [2.05, 4.69) is 28.9 Å². The summed E-state index contributed by atoms with van der Waals surface area (Å²) in [5, 5.41) is 8.53. The number of alkyl halides is 3. The van der Waals surface area contributed by atoms with Crippen molar-refractivity contribution in [3.8, 4) is 0 Å². The number of amides is 1. The first-order chi connectivity index (χ1) is 17.1. The molecule has 2 atom stereocenters. The zero-order valence-electron chi connectivity index (χ0n) is 20.4. The molecule has 2 aromatic carbocycles. The van der Waals surface area contributed by atoms with Gasteiger partial charge in [0.25, 0.3) is 5.91 Å². The molecule has 0 spiro atoms. The van der Waals surface area contributed by atoms with E-state index in [1.165, 1.54) is 36.6 Å². The number of hydrogen-bond acceptors (Lipinski definition) is 5. The molecule has 7 nitrogen and oxygen atoms in total. The van der Waals surface area contributed by atoms with Gasteiger partial charge in [0.05, 0.1) is 12.3 Å². The van der Waals surface area contributed by atoms with Crippen molar-refractivity contribution >= 4 is 23.3 Å². The van der Waals surface area contributed by atoms with Crippen LogP contribution in [0.2, 0.25) is 0 Å². The molecule has 4 rings (SSSR count). The van der Waals surface area contributed by atoms with E-state index in [-0.39, 0.29) is 5.91 Å². The van der Waals surface area contributed by atoms with E-state index in [0.29, 0.717) is 24.3 Å².